The van der Waals surface area contributed by atoms with Crippen molar-refractivity contribution >= 4 is 27.7 Å². The SMILES string of the molecule is Cc1cccc(C)c1-c1cc2nc(n1)NS(=O)(=O)c1cccc(c1)C(=O)N(Cc1cncc(N(C)C3CCC3)n1)[C@@H]1CN(C3CC4(CCCC4)C3)C[C@H]1O2. The second kappa shape index (κ2) is 13.6. The van der Waals surface area contributed by atoms with Crippen LogP contribution in [-0.2, 0) is 16.6 Å². The van der Waals surface area contributed by atoms with Gasteiger partial charge in [0, 0.05) is 49.4 Å². The van der Waals surface area contributed by atoms with Crippen LogP contribution in [0.25, 0.3) is 11.3 Å². The Labute approximate surface area is 317 Å². The van der Waals surface area contributed by atoms with Crippen LogP contribution in [-0.4, -0.2) is 88.4 Å². The molecule has 1 N–H and O–H groups in total. The molecule has 3 saturated carbocycles. The highest BCUT2D eigenvalue weighted by molar-refractivity contribution is 7.92. The Kier molecular flexibility index (Phi) is 8.84. The lowest BCUT2D eigenvalue weighted by molar-refractivity contribution is 0.0112. The van der Waals surface area contributed by atoms with Gasteiger partial charge in [0.05, 0.1) is 41.3 Å². The van der Waals surface area contributed by atoms with Crippen molar-refractivity contribution in [2.75, 3.05) is 29.8 Å². The van der Waals surface area contributed by atoms with Crippen molar-refractivity contribution in [3.8, 4) is 17.1 Å². The summed E-state index contributed by atoms with van der Waals surface area (Å²) in [6, 6.07) is 14.5. The standard InChI is InChI=1S/C41H48N8O4S/c1-26-9-6-10-27(2)38(26)33-18-37-45-40(44-33)46-54(51,52)32-14-7-11-28(17-32)39(50)49(23-29-21-42-22-36(43-29)47(3)30-12-8-13-30)34-24-48(25-35(34)53-37)31-19-41(20-31)15-4-5-16-41/h6-7,9-11,14,17-18,21-22,30-31,34-35H,4-5,8,12-13,15-16,19-20,23-25H2,1-3H3,(H,44,45,46)/t34-,35-/m1/s1. The zero-order valence-electron chi connectivity index (χ0n) is 31.2. The van der Waals surface area contributed by atoms with Gasteiger partial charge in [0.15, 0.2) is 0 Å². The highest BCUT2D eigenvalue weighted by Crippen LogP contribution is 2.55. The molecule has 3 aliphatic carbocycles. The van der Waals surface area contributed by atoms with Crippen LogP contribution in [0.15, 0.2) is 65.8 Å². The molecule has 2 aromatic carbocycles. The predicted molar refractivity (Wildman–Crippen MR) is 206 cm³/mol. The maximum atomic E-state index is 14.9. The molecule has 1 saturated heterocycles. The van der Waals surface area contributed by atoms with Gasteiger partial charge < -0.3 is 14.5 Å². The van der Waals surface area contributed by atoms with Crippen LogP contribution in [0, 0.1) is 19.3 Å². The van der Waals surface area contributed by atoms with Crippen molar-refractivity contribution in [1.82, 2.24) is 29.7 Å². The summed E-state index contributed by atoms with van der Waals surface area (Å²) in [5, 5.41) is 0. The number of sulfonamides is 1. The molecule has 0 unspecified atom stereocenters. The Morgan fingerprint density at radius 1 is 0.944 bits per heavy atom. The third-order valence-electron chi connectivity index (χ3n) is 12.8. The zero-order valence-corrected chi connectivity index (χ0v) is 32.1. The molecule has 4 heterocycles. The third-order valence-corrected chi connectivity index (χ3v) is 14.1. The van der Waals surface area contributed by atoms with E-state index in [-0.39, 0.29) is 40.8 Å². The van der Waals surface area contributed by atoms with E-state index in [0.29, 0.717) is 42.0 Å². The Balaban J connectivity index is 1.14. The summed E-state index contributed by atoms with van der Waals surface area (Å²) in [5.41, 5.74) is 4.82. The number of benzene rings is 2. The van der Waals surface area contributed by atoms with Gasteiger partial charge >= 0.3 is 0 Å². The molecule has 282 valence electrons. The van der Waals surface area contributed by atoms with Crippen molar-refractivity contribution in [2.45, 2.75) is 107 Å². The monoisotopic (exact) mass is 748 g/mol. The lowest BCUT2D eigenvalue weighted by atomic mass is 9.64. The lowest BCUT2D eigenvalue weighted by Crippen LogP contribution is -2.50. The van der Waals surface area contributed by atoms with E-state index in [9.17, 15) is 13.2 Å². The fraction of sp³-hybridized carbons (Fsp3) is 0.488. The summed E-state index contributed by atoms with van der Waals surface area (Å²) in [4.78, 5) is 40.3. The quantitative estimate of drug-likeness (QED) is 0.245. The van der Waals surface area contributed by atoms with Crippen molar-refractivity contribution in [2.24, 2.45) is 5.41 Å². The van der Waals surface area contributed by atoms with Gasteiger partial charge in [0.1, 0.15) is 11.9 Å². The molecule has 5 aliphatic rings. The van der Waals surface area contributed by atoms with E-state index in [2.05, 4.69) is 31.5 Å². The number of ether oxygens (including phenoxy) is 1. The van der Waals surface area contributed by atoms with Gasteiger partial charge in [-0.3, -0.25) is 14.7 Å². The summed E-state index contributed by atoms with van der Waals surface area (Å²) < 4.78 is 37.3. The number of nitrogens with one attached hydrogen (secondary N) is 1. The maximum absolute atomic E-state index is 14.9. The fourth-order valence-corrected chi connectivity index (χ4v) is 10.5. The number of likely N-dealkylation sites (tertiary alicyclic amines) is 1. The van der Waals surface area contributed by atoms with Crippen LogP contribution in [0.3, 0.4) is 0 Å². The predicted octanol–water partition coefficient (Wildman–Crippen LogP) is 6.15. The number of nitrogens with zero attached hydrogens (tertiary/aromatic N) is 7. The number of hydrogen-bond acceptors (Lipinski definition) is 10. The molecule has 2 aliphatic heterocycles. The summed E-state index contributed by atoms with van der Waals surface area (Å²) in [6.45, 7) is 5.42. The molecule has 1 amide bonds. The van der Waals surface area contributed by atoms with Crippen LogP contribution in [0.4, 0.5) is 11.8 Å². The number of rotatable bonds is 6. The Morgan fingerprint density at radius 2 is 1.70 bits per heavy atom. The van der Waals surface area contributed by atoms with Crippen LogP contribution in [0.2, 0.25) is 0 Å². The number of aryl methyl sites for hydroxylation is 2. The number of carbonyl (C=O) groups excluding carboxylic acids is 1. The van der Waals surface area contributed by atoms with E-state index in [4.69, 9.17) is 14.7 Å². The van der Waals surface area contributed by atoms with Gasteiger partial charge in [0.25, 0.3) is 15.9 Å². The van der Waals surface area contributed by atoms with Crippen LogP contribution < -0.4 is 14.4 Å². The average molecular weight is 749 g/mol. The number of amides is 1. The van der Waals surface area contributed by atoms with E-state index in [0.717, 1.165) is 35.3 Å². The molecule has 4 fully saturated rings. The maximum Gasteiger partial charge on any atom is 0.264 e. The topological polar surface area (TPSA) is 134 Å². The molecule has 9 rings (SSSR count). The van der Waals surface area contributed by atoms with E-state index < -0.39 is 16.1 Å². The van der Waals surface area contributed by atoms with Gasteiger partial charge in [-0.15, -0.1) is 0 Å². The van der Waals surface area contributed by atoms with Crippen molar-refractivity contribution in [3.05, 3.63) is 83.3 Å². The van der Waals surface area contributed by atoms with Crippen LogP contribution >= 0.6 is 0 Å². The smallest absolute Gasteiger partial charge is 0.264 e. The number of aromatic nitrogens is 4. The van der Waals surface area contributed by atoms with E-state index in [1.54, 1.807) is 30.6 Å². The Bertz CT molecular complexity index is 2180. The summed E-state index contributed by atoms with van der Waals surface area (Å²) >= 11 is 0. The van der Waals surface area contributed by atoms with E-state index in [1.807, 2.05) is 36.9 Å². The first-order valence-electron chi connectivity index (χ1n) is 19.4. The van der Waals surface area contributed by atoms with E-state index in [1.165, 1.54) is 57.1 Å². The number of carbonyl (C=O) groups is 1. The van der Waals surface area contributed by atoms with Crippen molar-refractivity contribution < 1.29 is 17.9 Å². The first kappa shape index (κ1) is 35.1. The minimum atomic E-state index is -4.18. The molecule has 54 heavy (non-hydrogen) atoms. The molecule has 13 heteroatoms. The number of hydrogen-bond donors (Lipinski definition) is 1. The highest BCUT2D eigenvalue weighted by atomic mass is 32.2. The average Bonchev–Trinajstić information content (AvgIpc) is 3.77. The number of anilines is 2. The van der Waals surface area contributed by atoms with Crippen LogP contribution in [0.1, 0.15) is 85.0 Å². The normalized spacial score (nSPS) is 23.6. The highest BCUT2D eigenvalue weighted by Gasteiger charge is 2.52. The molecule has 12 nitrogen and oxygen atoms in total. The molecule has 1 spiro atoms. The lowest BCUT2D eigenvalue weighted by Gasteiger charge is -2.49. The molecule has 2 atom stereocenters. The molecular weight excluding hydrogens is 701 g/mol. The molecule has 0 radical (unpaired) electrons. The minimum absolute atomic E-state index is 0.0547. The Hall–Kier alpha value is -4.62. The van der Waals surface area contributed by atoms with Gasteiger partial charge in [0.2, 0.25) is 11.8 Å². The third kappa shape index (κ3) is 6.48. The summed E-state index contributed by atoms with van der Waals surface area (Å²) in [5.74, 6) is 0.648. The second-order valence-corrected chi connectivity index (χ2v) is 17.9. The molecule has 4 bridgehead atoms. The van der Waals surface area contributed by atoms with Gasteiger partial charge in [-0.05, 0) is 93.5 Å². The van der Waals surface area contributed by atoms with Crippen LogP contribution in [0.5, 0.6) is 5.88 Å². The van der Waals surface area contributed by atoms with E-state index >= 15 is 0 Å². The first-order chi connectivity index (χ1) is 26.0. The Morgan fingerprint density at radius 3 is 2.44 bits per heavy atom. The molecule has 4 aromatic rings. The first-order valence-corrected chi connectivity index (χ1v) is 20.9. The van der Waals surface area contributed by atoms with Crippen molar-refractivity contribution in [1.29, 1.82) is 0 Å². The fourth-order valence-electron chi connectivity index (χ4n) is 9.52. The molecule has 2 aromatic heterocycles. The minimum Gasteiger partial charge on any atom is -0.471 e. The molecular formula is C41H48N8O4S. The largest absolute Gasteiger partial charge is 0.471 e. The van der Waals surface area contributed by atoms with Gasteiger partial charge in [-0.1, -0.05) is 37.1 Å². The summed E-state index contributed by atoms with van der Waals surface area (Å²) in [7, 11) is -2.13. The summed E-state index contributed by atoms with van der Waals surface area (Å²) in [6.07, 6.45) is 14.0. The number of fused-ring (bicyclic) bond motifs is 5. The van der Waals surface area contributed by atoms with Gasteiger partial charge in [-0.2, -0.15) is 4.98 Å². The second-order valence-electron chi connectivity index (χ2n) is 16.3. The zero-order chi connectivity index (χ0) is 37.2. The van der Waals surface area contributed by atoms with Gasteiger partial charge in [-0.25, -0.2) is 23.1 Å². The van der Waals surface area contributed by atoms with Crippen molar-refractivity contribution in [3.63, 3.8) is 0 Å².